The van der Waals surface area contributed by atoms with E-state index in [2.05, 4.69) is 4.74 Å². The summed E-state index contributed by atoms with van der Waals surface area (Å²) in [5.41, 5.74) is 3.68. The SMILES string of the molecule is CCOC(=O)C1(CN)CC1C(F)(F)F. The lowest BCUT2D eigenvalue weighted by Crippen LogP contribution is -2.33. The van der Waals surface area contributed by atoms with Crippen LogP contribution in [-0.2, 0) is 9.53 Å². The number of esters is 1. The summed E-state index contributed by atoms with van der Waals surface area (Å²) in [5.74, 6) is -2.45. The lowest BCUT2D eigenvalue weighted by atomic mass is 10.0. The molecule has 14 heavy (non-hydrogen) atoms. The predicted molar refractivity (Wildman–Crippen MR) is 42.3 cm³/mol. The summed E-state index contributed by atoms with van der Waals surface area (Å²) in [6, 6.07) is 0. The zero-order valence-electron chi connectivity index (χ0n) is 7.73. The van der Waals surface area contributed by atoms with Crippen LogP contribution in [0.25, 0.3) is 0 Å². The Hall–Kier alpha value is -0.780. The van der Waals surface area contributed by atoms with Gasteiger partial charge in [-0.05, 0) is 13.3 Å². The zero-order valence-corrected chi connectivity index (χ0v) is 7.73. The van der Waals surface area contributed by atoms with E-state index in [1.54, 1.807) is 6.92 Å². The maximum absolute atomic E-state index is 12.3. The Bertz CT molecular complexity index is 241. The molecule has 0 aromatic rings. The van der Waals surface area contributed by atoms with Gasteiger partial charge in [0.05, 0.1) is 17.9 Å². The average Bonchev–Trinajstić information content (AvgIpc) is 2.79. The number of nitrogens with two attached hydrogens (primary N) is 1. The summed E-state index contributed by atoms with van der Waals surface area (Å²) >= 11 is 0. The van der Waals surface area contributed by atoms with E-state index >= 15 is 0 Å². The number of hydrogen-bond acceptors (Lipinski definition) is 3. The normalized spacial score (nSPS) is 31.4. The molecule has 0 heterocycles. The second-order valence-electron chi connectivity index (χ2n) is 3.38. The first kappa shape index (κ1) is 11.3. The van der Waals surface area contributed by atoms with E-state index < -0.39 is 23.5 Å². The van der Waals surface area contributed by atoms with Gasteiger partial charge in [0, 0.05) is 6.54 Å². The van der Waals surface area contributed by atoms with Gasteiger partial charge in [0.15, 0.2) is 0 Å². The van der Waals surface area contributed by atoms with Gasteiger partial charge >= 0.3 is 12.1 Å². The number of ether oxygens (including phenoxy) is 1. The molecule has 0 aliphatic heterocycles. The van der Waals surface area contributed by atoms with Crippen molar-refractivity contribution in [2.45, 2.75) is 19.5 Å². The van der Waals surface area contributed by atoms with Gasteiger partial charge in [0.1, 0.15) is 0 Å². The summed E-state index contributed by atoms with van der Waals surface area (Å²) in [4.78, 5) is 11.2. The van der Waals surface area contributed by atoms with Crippen LogP contribution in [0.3, 0.4) is 0 Å². The molecule has 0 amide bonds. The van der Waals surface area contributed by atoms with E-state index in [-0.39, 0.29) is 19.6 Å². The van der Waals surface area contributed by atoms with Crippen LogP contribution in [0.15, 0.2) is 0 Å². The molecule has 82 valence electrons. The standard InChI is InChI=1S/C8H12F3NO2/c1-2-14-6(13)7(4-12)3-5(7)8(9,10)11/h5H,2-4,12H2,1H3. The highest BCUT2D eigenvalue weighted by molar-refractivity contribution is 5.81. The molecule has 1 aliphatic rings. The Balaban J connectivity index is 2.70. The molecule has 0 aromatic heterocycles. The molecule has 6 heteroatoms. The van der Waals surface area contributed by atoms with Crippen LogP contribution < -0.4 is 5.73 Å². The number of rotatable bonds is 3. The van der Waals surface area contributed by atoms with Crippen LogP contribution >= 0.6 is 0 Å². The lowest BCUT2D eigenvalue weighted by Gasteiger charge is -2.14. The minimum Gasteiger partial charge on any atom is -0.466 e. The minimum absolute atomic E-state index is 0.0746. The lowest BCUT2D eigenvalue weighted by molar-refractivity contribution is -0.170. The first-order valence-electron chi connectivity index (χ1n) is 4.32. The van der Waals surface area contributed by atoms with Crippen LogP contribution in [0.2, 0.25) is 0 Å². The Morgan fingerprint density at radius 3 is 2.50 bits per heavy atom. The summed E-state index contributed by atoms with van der Waals surface area (Å²) < 4.78 is 41.3. The fraction of sp³-hybridized carbons (Fsp3) is 0.875. The first-order valence-corrected chi connectivity index (χ1v) is 4.32. The monoisotopic (exact) mass is 211 g/mol. The van der Waals surface area contributed by atoms with E-state index in [0.717, 1.165) is 0 Å². The minimum atomic E-state index is -4.36. The van der Waals surface area contributed by atoms with E-state index in [4.69, 9.17) is 5.73 Å². The summed E-state index contributed by atoms with van der Waals surface area (Å²) in [6.07, 6.45) is -4.60. The molecule has 1 aliphatic carbocycles. The number of carbonyl (C=O) groups is 1. The second kappa shape index (κ2) is 3.42. The molecule has 0 radical (unpaired) electrons. The second-order valence-corrected chi connectivity index (χ2v) is 3.38. The van der Waals surface area contributed by atoms with Crippen molar-refractivity contribution in [3.63, 3.8) is 0 Å². The molecule has 2 atom stereocenters. The van der Waals surface area contributed by atoms with E-state index in [1.165, 1.54) is 0 Å². The molecular formula is C8H12F3NO2. The van der Waals surface area contributed by atoms with Gasteiger partial charge in [0.25, 0.3) is 0 Å². The molecule has 3 nitrogen and oxygen atoms in total. The summed E-state index contributed by atoms with van der Waals surface area (Å²) in [7, 11) is 0. The third kappa shape index (κ3) is 1.70. The number of alkyl halides is 3. The molecule has 0 saturated heterocycles. The van der Waals surface area contributed by atoms with Gasteiger partial charge in [0.2, 0.25) is 0 Å². The van der Waals surface area contributed by atoms with Gasteiger partial charge < -0.3 is 10.5 Å². The molecule has 0 aromatic carbocycles. The van der Waals surface area contributed by atoms with Crippen LogP contribution in [-0.4, -0.2) is 25.3 Å². The Morgan fingerprint density at radius 2 is 2.21 bits per heavy atom. The van der Waals surface area contributed by atoms with Gasteiger partial charge in [-0.1, -0.05) is 0 Å². The molecular weight excluding hydrogens is 199 g/mol. The molecule has 1 saturated carbocycles. The number of hydrogen-bond donors (Lipinski definition) is 1. The van der Waals surface area contributed by atoms with Crippen LogP contribution in [0, 0.1) is 11.3 Å². The quantitative estimate of drug-likeness (QED) is 0.710. The highest BCUT2D eigenvalue weighted by Gasteiger charge is 2.70. The third-order valence-electron chi connectivity index (χ3n) is 2.52. The van der Waals surface area contributed by atoms with Gasteiger partial charge in [-0.15, -0.1) is 0 Å². The molecule has 0 bridgehead atoms. The fourth-order valence-corrected chi connectivity index (χ4v) is 1.54. The average molecular weight is 211 g/mol. The van der Waals surface area contributed by atoms with E-state index in [1.807, 2.05) is 0 Å². The van der Waals surface area contributed by atoms with Crippen LogP contribution in [0.1, 0.15) is 13.3 Å². The Labute approximate surface area is 79.4 Å². The van der Waals surface area contributed by atoms with E-state index in [0.29, 0.717) is 0 Å². The van der Waals surface area contributed by atoms with Crippen LogP contribution in [0.4, 0.5) is 13.2 Å². The third-order valence-corrected chi connectivity index (χ3v) is 2.52. The largest absolute Gasteiger partial charge is 0.466 e. The fourth-order valence-electron chi connectivity index (χ4n) is 1.54. The van der Waals surface area contributed by atoms with Gasteiger partial charge in [-0.3, -0.25) is 4.79 Å². The first-order chi connectivity index (χ1) is 6.38. The Kier molecular flexibility index (Phi) is 2.76. The van der Waals surface area contributed by atoms with Crippen molar-refractivity contribution < 1.29 is 22.7 Å². The smallest absolute Gasteiger partial charge is 0.393 e. The number of carbonyl (C=O) groups excluding carboxylic acids is 1. The molecule has 2 N–H and O–H groups in total. The summed E-state index contributed by atoms with van der Waals surface area (Å²) in [5, 5.41) is 0. The van der Waals surface area contributed by atoms with Crippen molar-refractivity contribution in [2.75, 3.05) is 13.2 Å². The summed E-state index contributed by atoms with van der Waals surface area (Å²) in [6.45, 7) is 1.31. The van der Waals surface area contributed by atoms with Gasteiger partial charge in [-0.25, -0.2) is 0 Å². The molecule has 0 spiro atoms. The zero-order chi connectivity index (χ0) is 11.0. The van der Waals surface area contributed by atoms with Crippen molar-refractivity contribution in [1.29, 1.82) is 0 Å². The van der Waals surface area contributed by atoms with Crippen molar-refractivity contribution in [1.82, 2.24) is 0 Å². The van der Waals surface area contributed by atoms with Crippen molar-refractivity contribution in [2.24, 2.45) is 17.1 Å². The molecule has 1 fully saturated rings. The topological polar surface area (TPSA) is 52.3 Å². The molecule has 2 unspecified atom stereocenters. The van der Waals surface area contributed by atoms with Crippen molar-refractivity contribution in [3.8, 4) is 0 Å². The van der Waals surface area contributed by atoms with Crippen molar-refractivity contribution in [3.05, 3.63) is 0 Å². The molecule has 1 rings (SSSR count). The van der Waals surface area contributed by atoms with Gasteiger partial charge in [-0.2, -0.15) is 13.2 Å². The maximum Gasteiger partial charge on any atom is 0.393 e. The van der Waals surface area contributed by atoms with Crippen LogP contribution in [0.5, 0.6) is 0 Å². The Morgan fingerprint density at radius 1 is 1.64 bits per heavy atom. The predicted octanol–water partition coefficient (Wildman–Crippen LogP) is 1.08. The maximum atomic E-state index is 12.3. The van der Waals surface area contributed by atoms with Crippen molar-refractivity contribution >= 4 is 5.97 Å². The number of halogens is 3. The highest BCUT2D eigenvalue weighted by Crippen LogP contribution is 2.60. The highest BCUT2D eigenvalue weighted by atomic mass is 19.4. The van der Waals surface area contributed by atoms with E-state index in [9.17, 15) is 18.0 Å².